The predicted octanol–water partition coefficient (Wildman–Crippen LogP) is 2.95. The summed E-state index contributed by atoms with van der Waals surface area (Å²) in [5.74, 6) is 0. The Kier molecular flexibility index (Phi) is 2.96. The lowest BCUT2D eigenvalue weighted by atomic mass is 10.2. The quantitative estimate of drug-likeness (QED) is 0.910. The molecule has 2 heterocycles. The van der Waals surface area contributed by atoms with Gasteiger partial charge >= 0.3 is 0 Å². The molecular weight excluding hydrogens is 260 g/mol. The zero-order valence-corrected chi connectivity index (χ0v) is 9.75. The zero-order valence-electron chi connectivity index (χ0n) is 7.35. The molecule has 0 saturated heterocycles. The van der Waals surface area contributed by atoms with Crippen molar-refractivity contribution in [1.82, 2.24) is 4.98 Å². The minimum Gasteiger partial charge on any atom is -0.318 e. The van der Waals surface area contributed by atoms with Crippen LogP contribution in [0.3, 0.4) is 0 Å². The van der Waals surface area contributed by atoms with Crippen LogP contribution < -0.4 is 5.73 Å². The van der Waals surface area contributed by atoms with Crippen LogP contribution >= 0.6 is 27.3 Å². The van der Waals surface area contributed by atoms with Gasteiger partial charge in [0.25, 0.3) is 0 Å². The third-order valence-corrected chi connectivity index (χ3v) is 3.34. The average molecular weight is 269 g/mol. The molecule has 0 aliphatic carbocycles. The van der Waals surface area contributed by atoms with Crippen molar-refractivity contribution in [3.8, 4) is 0 Å². The molecule has 0 aliphatic heterocycles. The fraction of sp³-hybridized carbons (Fsp3) is 0.100. The zero-order chi connectivity index (χ0) is 9.97. The molecule has 0 spiro atoms. The van der Waals surface area contributed by atoms with Gasteiger partial charge in [0.05, 0.1) is 11.7 Å². The molecule has 0 aromatic carbocycles. The van der Waals surface area contributed by atoms with E-state index in [-0.39, 0.29) is 6.04 Å². The maximum Gasteiger partial charge on any atom is 0.0820 e. The van der Waals surface area contributed by atoms with Crippen molar-refractivity contribution in [3.05, 3.63) is 50.9 Å². The molecule has 2 aromatic rings. The number of hydrogen-bond acceptors (Lipinski definition) is 3. The number of aromatic nitrogens is 1. The van der Waals surface area contributed by atoms with Crippen LogP contribution in [-0.2, 0) is 0 Å². The Hall–Kier alpha value is -0.710. The maximum absolute atomic E-state index is 6.04. The number of pyridine rings is 1. The van der Waals surface area contributed by atoms with Crippen LogP contribution in [0.1, 0.15) is 16.6 Å². The van der Waals surface area contributed by atoms with Crippen molar-refractivity contribution in [3.63, 3.8) is 0 Å². The summed E-state index contributed by atoms with van der Waals surface area (Å²) < 4.78 is 0.972. The fourth-order valence-electron chi connectivity index (χ4n) is 1.19. The highest BCUT2D eigenvalue weighted by Gasteiger charge is 2.10. The van der Waals surface area contributed by atoms with Gasteiger partial charge in [-0.05, 0) is 39.5 Å². The van der Waals surface area contributed by atoms with Gasteiger partial charge in [-0.2, -0.15) is 0 Å². The lowest BCUT2D eigenvalue weighted by Crippen LogP contribution is -2.11. The van der Waals surface area contributed by atoms with Gasteiger partial charge in [-0.3, -0.25) is 4.98 Å². The molecule has 0 saturated carbocycles. The monoisotopic (exact) mass is 268 g/mol. The van der Waals surface area contributed by atoms with Gasteiger partial charge in [-0.25, -0.2) is 0 Å². The Morgan fingerprint density at radius 3 is 2.79 bits per heavy atom. The molecule has 2 N–H and O–H groups in total. The highest BCUT2D eigenvalue weighted by molar-refractivity contribution is 9.10. The predicted molar refractivity (Wildman–Crippen MR) is 62.3 cm³/mol. The second-order valence-electron chi connectivity index (χ2n) is 2.89. The second-order valence-corrected chi connectivity index (χ2v) is 4.79. The Morgan fingerprint density at radius 2 is 2.21 bits per heavy atom. The van der Waals surface area contributed by atoms with Crippen LogP contribution in [0.5, 0.6) is 0 Å². The minimum atomic E-state index is -0.108. The van der Waals surface area contributed by atoms with Gasteiger partial charge in [0, 0.05) is 15.5 Å². The molecule has 72 valence electrons. The van der Waals surface area contributed by atoms with E-state index in [1.165, 1.54) is 0 Å². The van der Waals surface area contributed by atoms with Crippen LogP contribution in [0.25, 0.3) is 0 Å². The number of nitrogens with two attached hydrogens (primary N) is 1. The van der Waals surface area contributed by atoms with Crippen LogP contribution in [-0.4, -0.2) is 4.98 Å². The average Bonchev–Trinajstić information content (AvgIpc) is 2.71. The van der Waals surface area contributed by atoms with Gasteiger partial charge in [0.15, 0.2) is 0 Å². The van der Waals surface area contributed by atoms with Crippen molar-refractivity contribution < 1.29 is 0 Å². The van der Waals surface area contributed by atoms with E-state index in [2.05, 4.69) is 20.9 Å². The van der Waals surface area contributed by atoms with Crippen molar-refractivity contribution in [2.24, 2.45) is 5.73 Å². The summed E-state index contributed by atoms with van der Waals surface area (Å²) in [6.07, 6.45) is 1.77. The van der Waals surface area contributed by atoms with E-state index in [1.54, 1.807) is 17.5 Å². The van der Waals surface area contributed by atoms with E-state index in [0.29, 0.717) is 0 Å². The van der Waals surface area contributed by atoms with E-state index in [9.17, 15) is 0 Å². The topological polar surface area (TPSA) is 38.9 Å². The maximum atomic E-state index is 6.04. The first-order valence-electron chi connectivity index (χ1n) is 4.18. The lowest BCUT2D eigenvalue weighted by molar-refractivity contribution is 0.846. The van der Waals surface area contributed by atoms with Crippen molar-refractivity contribution in [2.45, 2.75) is 6.04 Å². The number of nitrogens with zero attached hydrogens (tertiary/aromatic N) is 1. The molecule has 0 amide bonds. The SMILES string of the molecule is N[C@@H](c1ccc(Br)cn1)c1cccs1. The third-order valence-electron chi connectivity index (χ3n) is 1.92. The highest BCUT2D eigenvalue weighted by atomic mass is 79.9. The van der Waals surface area contributed by atoms with Crippen LogP contribution in [0.4, 0.5) is 0 Å². The molecule has 0 fully saturated rings. The molecule has 0 unspecified atom stereocenters. The Labute approximate surface area is 94.9 Å². The van der Waals surface area contributed by atoms with E-state index in [0.717, 1.165) is 15.0 Å². The summed E-state index contributed by atoms with van der Waals surface area (Å²) in [4.78, 5) is 5.41. The summed E-state index contributed by atoms with van der Waals surface area (Å²) in [6, 6.07) is 7.81. The second kappa shape index (κ2) is 4.21. The van der Waals surface area contributed by atoms with Crippen molar-refractivity contribution in [2.75, 3.05) is 0 Å². The van der Waals surface area contributed by atoms with Gasteiger partial charge in [0.2, 0.25) is 0 Å². The van der Waals surface area contributed by atoms with Crippen molar-refractivity contribution >= 4 is 27.3 Å². The Morgan fingerprint density at radius 1 is 1.36 bits per heavy atom. The standard InChI is InChI=1S/C10H9BrN2S/c11-7-3-4-8(13-6-7)10(12)9-2-1-5-14-9/h1-6,10H,12H2/t10-/m0/s1. The molecule has 2 aromatic heterocycles. The van der Waals surface area contributed by atoms with Crippen LogP contribution in [0.15, 0.2) is 40.3 Å². The largest absolute Gasteiger partial charge is 0.318 e. The number of hydrogen-bond donors (Lipinski definition) is 1. The summed E-state index contributed by atoms with van der Waals surface area (Å²) in [5.41, 5.74) is 6.94. The molecule has 1 atom stereocenters. The van der Waals surface area contributed by atoms with E-state index < -0.39 is 0 Å². The van der Waals surface area contributed by atoms with E-state index >= 15 is 0 Å². The number of thiophene rings is 1. The summed E-state index contributed by atoms with van der Waals surface area (Å²) in [6.45, 7) is 0. The van der Waals surface area contributed by atoms with Crippen LogP contribution in [0.2, 0.25) is 0 Å². The molecule has 2 nitrogen and oxygen atoms in total. The van der Waals surface area contributed by atoms with Gasteiger partial charge in [-0.15, -0.1) is 11.3 Å². The molecule has 0 radical (unpaired) electrons. The number of rotatable bonds is 2. The minimum absolute atomic E-state index is 0.108. The smallest absolute Gasteiger partial charge is 0.0820 e. The highest BCUT2D eigenvalue weighted by Crippen LogP contribution is 2.22. The molecular formula is C10H9BrN2S. The van der Waals surface area contributed by atoms with E-state index in [1.807, 2.05) is 29.6 Å². The van der Waals surface area contributed by atoms with E-state index in [4.69, 9.17) is 5.73 Å². The summed E-state index contributed by atoms with van der Waals surface area (Å²) in [7, 11) is 0. The van der Waals surface area contributed by atoms with Gasteiger partial charge < -0.3 is 5.73 Å². The number of halogens is 1. The fourth-order valence-corrected chi connectivity index (χ4v) is 2.16. The molecule has 2 rings (SSSR count). The first-order valence-corrected chi connectivity index (χ1v) is 5.85. The van der Waals surface area contributed by atoms with Crippen LogP contribution in [0, 0.1) is 0 Å². The summed E-state index contributed by atoms with van der Waals surface area (Å²) >= 11 is 5.00. The Bertz CT molecular complexity index is 397. The Balaban J connectivity index is 2.28. The normalized spacial score (nSPS) is 12.7. The lowest BCUT2D eigenvalue weighted by Gasteiger charge is -2.08. The first-order chi connectivity index (χ1) is 6.77. The third kappa shape index (κ3) is 2.03. The molecule has 0 bridgehead atoms. The molecule has 0 aliphatic rings. The molecule has 14 heavy (non-hydrogen) atoms. The first kappa shape index (κ1) is 9.83. The van der Waals surface area contributed by atoms with Crippen molar-refractivity contribution in [1.29, 1.82) is 0 Å². The van der Waals surface area contributed by atoms with Gasteiger partial charge in [-0.1, -0.05) is 6.07 Å². The molecule has 4 heteroatoms. The summed E-state index contributed by atoms with van der Waals surface area (Å²) in [5, 5.41) is 2.02. The van der Waals surface area contributed by atoms with Gasteiger partial charge in [0.1, 0.15) is 0 Å².